The molecule has 4 heterocycles. The highest BCUT2D eigenvalue weighted by molar-refractivity contribution is 7.98. The number of nitrogens with one attached hydrogen (secondary N) is 2. The number of benzene rings is 1. The lowest BCUT2D eigenvalue weighted by Crippen LogP contribution is -2.57. The summed E-state index contributed by atoms with van der Waals surface area (Å²) in [5, 5.41) is 6.31. The van der Waals surface area contributed by atoms with Crippen LogP contribution in [0.2, 0.25) is 0 Å². The lowest BCUT2D eigenvalue weighted by molar-refractivity contribution is -0.142. The molecule has 3 amide bonds. The standard InChI is InChI=1S/C31H36N4O4S/c1-18-7-4-11-23(19(18)2)34-29(37)27-31-13-12-24(39-31)25(28(36)33-21-9-5-10-22(15-21)40-3)26(31)30(38)35(27)17-20-8-6-14-32-16-20/h5-6,8-10,12-16,18-19,23-27H,4,7,11,17H2,1-3H3,(H,33,36)(H,34,37)/t18-,19+,23-,24+,25-,26+,27+,31+/m1/s1. The van der Waals surface area contributed by atoms with Crippen LogP contribution in [0.25, 0.3) is 0 Å². The number of hydrogen-bond acceptors (Lipinski definition) is 6. The van der Waals surface area contributed by atoms with Crippen molar-refractivity contribution in [2.24, 2.45) is 23.7 Å². The van der Waals surface area contributed by atoms with Crippen LogP contribution in [-0.4, -0.2) is 57.6 Å². The number of hydrogen-bond donors (Lipinski definition) is 2. The van der Waals surface area contributed by atoms with Gasteiger partial charge in [-0.25, -0.2) is 0 Å². The Labute approximate surface area is 239 Å². The Balaban J connectivity index is 1.32. The SMILES string of the molecule is CSc1cccc(NC(=O)[C@@H]2[C@@H]3C=C[C@]4(O3)[C@@H]2C(=O)N(Cc2cccnc2)[C@H]4C(=O)N[C@@H]2CCC[C@@H](C)[C@@H]2C)c1. The van der Waals surface area contributed by atoms with Gasteiger partial charge in [0.25, 0.3) is 0 Å². The van der Waals surface area contributed by atoms with Gasteiger partial charge in [-0.3, -0.25) is 19.4 Å². The lowest BCUT2D eigenvalue weighted by atomic mass is 9.73. The Kier molecular flexibility index (Phi) is 7.21. The third-order valence-corrected chi connectivity index (χ3v) is 10.1. The van der Waals surface area contributed by atoms with Crippen LogP contribution >= 0.6 is 11.8 Å². The molecule has 2 aromatic rings. The Morgan fingerprint density at radius 3 is 2.80 bits per heavy atom. The topological polar surface area (TPSA) is 101 Å². The van der Waals surface area contributed by atoms with E-state index in [9.17, 15) is 14.4 Å². The number of pyridine rings is 1. The van der Waals surface area contributed by atoms with Gasteiger partial charge in [0.05, 0.1) is 17.9 Å². The molecule has 2 bridgehead atoms. The molecule has 9 heteroatoms. The van der Waals surface area contributed by atoms with E-state index in [1.165, 1.54) is 0 Å². The molecule has 0 unspecified atom stereocenters. The van der Waals surface area contributed by atoms with Crippen molar-refractivity contribution in [3.63, 3.8) is 0 Å². The summed E-state index contributed by atoms with van der Waals surface area (Å²) < 4.78 is 6.49. The number of fused-ring (bicyclic) bond motifs is 1. The molecule has 8 atom stereocenters. The van der Waals surface area contributed by atoms with Gasteiger partial charge in [0.15, 0.2) is 0 Å². The number of nitrogens with zero attached hydrogens (tertiary/aromatic N) is 2. The second kappa shape index (κ2) is 10.7. The molecule has 3 fully saturated rings. The third kappa shape index (κ3) is 4.53. The second-order valence-electron chi connectivity index (χ2n) is 11.6. The van der Waals surface area contributed by atoms with Crippen molar-refractivity contribution in [1.29, 1.82) is 0 Å². The highest BCUT2D eigenvalue weighted by Gasteiger charge is 2.72. The zero-order valence-corrected chi connectivity index (χ0v) is 23.9. The molecule has 3 aliphatic heterocycles. The molecular formula is C31H36N4O4S. The minimum atomic E-state index is -1.19. The maximum atomic E-state index is 14.2. The first-order chi connectivity index (χ1) is 19.3. The van der Waals surface area contributed by atoms with Crippen molar-refractivity contribution in [2.75, 3.05) is 11.6 Å². The molecule has 2 N–H and O–H groups in total. The summed E-state index contributed by atoms with van der Waals surface area (Å²) in [6, 6.07) is 10.5. The van der Waals surface area contributed by atoms with Gasteiger partial charge in [-0.2, -0.15) is 0 Å². The van der Waals surface area contributed by atoms with Gasteiger partial charge in [0, 0.05) is 35.6 Å². The number of amides is 3. The number of carbonyl (C=O) groups is 3. The molecule has 4 aliphatic rings. The first-order valence-electron chi connectivity index (χ1n) is 14.1. The smallest absolute Gasteiger partial charge is 0.246 e. The minimum absolute atomic E-state index is 0.0347. The van der Waals surface area contributed by atoms with Crippen molar-refractivity contribution >= 4 is 35.2 Å². The van der Waals surface area contributed by atoms with E-state index in [0.29, 0.717) is 17.5 Å². The molecule has 1 aliphatic carbocycles. The average molecular weight is 561 g/mol. The first kappa shape index (κ1) is 27.0. The van der Waals surface area contributed by atoms with Gasteiger partial charge in [-0.1, -0.05) is 51.0 Å². The number of thioether (sulfide) groups is 1. The van der Waals surface area contributed by atoms with Crippen LogP contribution in [0.15, 0.2) is 65.8 Å². The van der Waals surface area contributed by atoms with E-state index in [1.807, 2.05) is 54.8 Å². The van der Waals surface area contributed by atoms with Gasteiger partial charge >= 0.3 is 0 Å². The van der Waals surface area contributed by atoms with Crippen LogP contribution in [0, 0.1) is 23.7 Å². The highest BCUT2D eigenvalue weighted by Crippen LogP contribution is 2.55. The Bertz CT molecular complexity index is 1340. The van der Waals surface area contributed by atoms with E-state index in [4.69, 9.17) is 4.74 Å². The molecule has 1 aromatic carbocycles. The van der Waals surface area contributed by atoms with E-state index < -0.39 is 29.6 Å². The fourth-order valence-corrected chi connectivity index (χ4v) is 7.56. The van der Waals surface area contributed by atoms with Crippen LogP contribution in [0.4, 0.5) is 5.69 Å². The van der Waals surface area contributed by atoms with E-state index in [-0.39, 0.29) is 30.3 Å². The molecular weight excluding hydrogens is 524 g/mol. The zero-order valence-electron chi connectivity index (χ0n) is 23.1. The maximum Gasteiger partial charge on any atom is 0.246 e. The summed E-state index contributed by atoms with van der Waals surface area (Å²) in [5.74, 6) is -1.41. The van der Waals surface area contributed by atoms with Crippen LogP contribution in [0.1, 0.15) is 38.7 Å². The summed E-state index contributed by atoms with van der Waals surface area (Å²) in [6.07, 6.45) is 11.6. The lowest BCUT2D eigenvalue weighted by Gasteiger charge is -2.38. The van der Waals surface area contributed by atoms with Gasteiger partial charge in [0.1, 0.15) is 11.6 Å². The monoisotopic (exact) mass is 560 g/mol. The predicted molar refractivity (Wildman–Crippen MR) is 153 cm³/mol. The number of likely N-dealkylation sites (tertiary alicyclic amines) is 1. The summed E-state index contributed by atoms with van der Waals surface area (Å²) in [6.45, 7) is 4.63. The first-order valence-corrected chi connectivity index (χ1v) is 15.4. The normalized spacial score (nSPS) is 34.1. The zero-order chi connectivity index (χ0) is 28.0. The molecule has 1 saturated carbocycles. The molecule has 1 aromatic heterocycles. The molecule has 210 valence electrons. The van der Waals surface area contributed by atoms with Crippen LogP contribution in [-0.2, 0) is 25.7 Å². The van der Waals surface area contributed by atoms with Crippen LogP contribution in [0.3, 0.4) is 0 Å². The fraction of sp³-hybridized carbons (Fsp3) is 0.484. The van der Waals surface area contributed by atoms with E-state index in [0.717, 1.165) is 29.7 Å². The number of rotatable bonds is 7. The predicted octanol–water partition coefficient (Wildman–Crippen LogP) is 4.03. The highest BCUT2D eigenvalue weighted by atomic mass is 32.2. The maximum absolute atomic E-state index is 14.2. The molecule has 40 heavy (non-hydrogen) atoms. The summed E-state index contributed by atoms with van der Waals surface area (Å²) in [4.78, 5) is 48.9. The van der Waals surface area contributed by atoms with Crippen LogP contribution < -0.4 is 10.6 Å². The van der Waals surface area contributed by atoms with Crippen molar-refractivity contribution in [1.82, 2.24) is 15.2 Å². The second-order valence-corrected chi connectivity index (χ2v) is 12.5. The van der Waals surface area contributed by atoms with Crippen molar-refractivity contribution in [3.8, 4) is 0 Å². The van der Waals surface area contributed by atoms with Crippen molar-refractivity contribution < 1.29 is 19.1 Å². The molecule has 0 radical (unpaired) electrons. The largest absolute Gasteiger partial charge is 0.359 e. The van der Waals surface area contributed by atoms with E-state index in [1.54, 1.807) is 29.1 Å². The summed E-state index contributed by atoms with van der Waals surface area (Å²) in [5.41, 5.74) is 0.295. The minimum Gasteiger partial charge on any atom is -0.359 e. The Morgan fingerprint density at radius 2 is 2.02 bits per heavy atom. The van der Waals surface area contributed by atoms with E-state index >= 15 is 0 Å². The van der Waals surface area contributed by atoms with E-state index in [2.05, 4.69) is 29.5 Å². The Hall–Kier alpha value is -3.17. The number of ether oxygens (including phenoxy) is 1. The number of anilines is 1. The molecule has 2 saturated heterocycles. The Morgan fingerprint density at radius 1 is 1.18 bits per heavy atom. The molecule has 6 rings (SSSR count). The van der Waals surface area contributed by atoms with Gasteiger partial charge in [0.2, 0.25) is 17.7 Å². The van der Waals surface area contributed by atoms with Gasteiger partial charge < -0.3 is 20.3 Å². The van der Waals surface area contributed by atoms with Crippen LogP contribution in [0.5, 0.6) is 0 Å². The average Bonchev–Trinajstić information content (AvgIpc) is 3.59. The quantitative estimate of drug-likeness (QED) is 0.392. The fourth-order valence-electron chi connectivity index (χ4n) is 7.10. The molecule has 1 spiro atoms. The summed E-state index contributed by atoms with van der Waals surface area (Å²) in [7, 11) is 0. The third-order valence-electron chi connectivity index (χ3n) is 9.37. The number of aromatic nitrogens is 1. The van der Waals surface area contributed by atoms with Gasteiger partial charge in [-0.05, 0) is 54.3 Å². The van der Waals surface area contributed by atoms with Crippen molar-refractivity contribution in [3.05, 3.63) is 66.5 Å². The number of carbonyl (C=O) groups excluding carboxylic acids is 3. The van der Waals surface area contributed by atoms with Crippen molar-refractivity contribution in [2.45, 2.75) is 68.3 Å². The molecule has 8 nitrogen and oxygen atoms in total. The summed E-state index contributed by atoms with van der Waals surface area (Å²) >= 11 is 1.59. The van der Waals surface area contributed by atoms with Gasteiger partial charge in [-0.15, -0.1) is 11.8 Å².